The first-order chi connectivity index (χ1) is 18.1. The van der Waals surface area contributed by atoms with Gasteiger partial charge in [-0.05, 0) is 68.9 Å². The van der Waals surface area contributed by atoms with Crippen LogP contribution in [0.15, 0.2) is 70.8 Å². The van der Waals surface area contributed by atoms with Gasteiger partial charge < -0.3 is 5.11 Å². The number of allylic oxidation sites excluding steroid dienone is 6. The van der Waals surface area contributed by atoms with Gasteiger partial charge in [-0.2, -0.15) is 0 Å². The molecule has 1 saturated heterocycles. The molecule has 6 nitrogen and oxygen atoms in total. The maximum absolute atomic E-state index is 13.9. The van der Waals surface area contributed by atoms with Crippen LogP contribution in [0.25, 0.3) is 0 Å². The van der Waals surface area contributed by atoms with Gasteiger partial charge in [-0.1, -0.05) is 47.5 Å². The van der Waals surface area contributed by atoms with Gasteiger partial charge in [0, 0.05) is 33.2 Å². The van der Waals surface area contributed by atoms with Gasteiger partial charge >= 0.3 is 0 Å². The Hall–Kier alpha value is -3.77. The lowest BCUT2D eigenvalue weighted by atomic mass is 9.59. The molecule has 0 bridgehead atoms. The number of nitrogens with zero attached hydrogens (tertiary/aromatic N) is 1. The van der Waals surface area contributed by atoms with Crippen LogP contribution in [-0.4, -0.2) is 28.5 Å². The third-order valence-electron chi connectivity index (χ3n) is 8.56. The number of anilines is 1. The van der Waals surface area contributed by atoms with E-state index in [-0.39, 0.29) is 35.6 Å². The van der Waals surface area contributed by atoms with Crippen LogP contribution in [0.2, 0.25) is 5.02 Å². The zero-order chi connectivity index (χ0) is 27.0. The number of amides is 2. The smallest absolute Gasteiger partial charge is 0.238 e. The second kappa shape index (κ2) is 8.63. The molecule has 0 unspecified atom stereocenters. The van der Waals surface area contributed by atoms with Crippen molar-refractivity contribution in [3.05, 3.63) is 92.6 Å². The number of aryl methyl sites for hydroxylation is 2. The predicted octanol–water partition coefficient (Wildman–Crippen LogP) is 5.30. The predicted molar refractivity (Wildman–Crippen MR) is 143 cm³/mol. The second-order valence-electron chi connectivity index (χ2n) is 10.7. The summed E-state index contributed by atoms with van der Waals surface area (Å²) >= 11 is 6.32. The van der Waals surface area contributed by atoms with Gasteiger partial charge in [0.25, 0.3) is 0 Å². The fourth-order valence-electron chi connectivity index (χ4n) is 6.63. The number of ketones is 2. The van der Waals surface area contributed by atoms with Crippen molar-refractivity contribution in [1.29, 1.82) is 0 Å². The van der Waals surface area contributed by atoms with Crippen LogP contribution in [-0.2, 0) is 19.2 Å². The quantitative estimate of drug-likeness (QED) is 0.325. The summed E-state index contributed by atoms with van der Waals surface area (Å²) in [6.45, 7) is 5.25. The number of carbonyl (C=O) groups is 4. The molecule has 3 aliphatic carbocycles. The zero-order valence-corrected chi connectivity index (χ0v) is 22.0. The van der Waals surface area contributed by atoms with E-state index < -0.39 is 23.7 Å². The first kappa shape index (κ1) is 24.6. The molecule has 0 spiro atoms. The van der Waals surface area contributed by atoms with Crippen molar-refractivity contribution in [2.24, 2.45) is 17.8 Å². The van der Waals surface area contributed by atoms with Gasteiger partial charge in [0.2, 0.25) is 11.8 Å². The van der Waals surface area contributed by atoms with E-state index in [0.29, 0.717) is 45.0 Å². The Bertz CT molecular complexity index is 1580. The molecule has 2 aromatic rings. The maximum atomic E-state index is 13.9. The molecule has 1 fully saturated rings. The highest BCUT2D eigenvalue weighted by Gasteiger charge is 2.56. The first-order valence-electron chi connectivity index (χ1n) is 12.7. The van der Waals surface area contributed by atoms with Gasteiger partial charge in [-0.3, -0.25) is 19.2 Å². The topological polar surface area (TPSA) is 91.8 Å². The van der Waals surface area contributed by atoms with Gasteiger partial charge in [0.05, 0.1) is 17.5 Å². The Kier molecular flexibility index (Phi) is 5.58. The number of benzene rings is 2. The highest BCUT2D eigenvalue weighted by Crippen LogP contribution is 2.56. The van der Waals surface area contributed by atoms with E-state index in [1.807, 2.05) is 19.1 Å². The number of phenols is 1. The van der Waals surface area contributed by atoms with Crippen molar-refractivity contribution in [2.75, 3.05) is 4.90 Å². The van der Waals surface area contributed by atoms with Crippen LogP contribution >= 0.6 is 11.6 Å². The molecule has 0 aromatic heterocycles. The SMILES string of the molecule is CC1=CC(=O)C2=C(C[C@@H]3C(=CC[C@@H]4C(=O)N(c5ccc(C)c(Cl)c5)C(=O)[C@@H]43)[C@@H]2c2cccc(C)c2O)C1=O. The second-order valence-corrected chi connectivity index (χ2v) is 11.1. The lowest BCUT2D eigenvalue weighted by Gasteiger charge is -2.42. The van der Waals surface area contributed by atoms with Crippen LogP contribution < -0.4 is 4.90 Å². The summed E-state index contributed by atoms with van der Waals surface area (Å²) < 4.78 is 0. The highest BCUT2D eigenvalue weighted by atomic mass is 35.5. The van der Waals surface area contributed by atoms with Crippen LogP contribution in [0.3, 0.4) is 0 Å². The van der Waals surface area contributed by atoms with Crippen LogP contribution in [0.5, 0.6) is 5.75 Å². The molecule has 1 N–H and O–H groups in total. The number of phenolic OH excluding ortho intramolecular Hbond substituents is 1. The van der Waals surface area contributed by atoms with E-state index in [9.17, 15) is 24.3 Å². The maximum Gasteiger partial charge on any atom is 0.238 e. The number of imide groups is 1. The van der Waals surface area contributed by atoms with Gasteiger partial charge in [-0.25, -0.2) is 4.90 Å². The molecule has 4 atom stereocenters. The molecule has 2 amide bonds. The summed E-state index contributed by atoms with van der Waals surface area (Å²) in [6, 6.07) is 10.5. The number of hydrogen-bond acceptors (Lipinski definition) is 5. The van der Waals surface area contributed by atoms with Crippen LogP contribution in [0.1, 0.15) is 42.4 Å². The summed E-state index contributed by atoms with van der Waals surface area (Å²) in [4.78, 5) is 55.4. The standard InChI is InChI=1S/C31H26ClNO5/c1-14-7-8-17(12-23(14)32)33-30(37)20-10-9-18-21(26(20)31(33)38)13-22-27(24(34)11-16(3)29(22)36)25(18)19-6-4-5-15(2)28(19)35/h4-9,11-12,20-21,25-26,35H,10,13H2,1-3H3/t20-,21+,25+,26-/m0/s1. The average molecular weight is 528 g/mol. The largest absolute Gasteiger partial charge is 0.507 e. The summed E-state index contributed by atoms with van der Waals surface area (Å²) in [5.41, 5.74) is 4.35. The average Bonchev–Trinajstić information content (AvgIpc) is 3.14. The zero-order valence-electron chi connectivity index (χ0n) is 21.2. The van der Waals surface area contributed by atoms with Gasteiger partial charge in [0.1, 0.15) is 5.75 Å². The van der Waals surface area contributed by atoms with Gasteiger partial charge in [-0.15, -0.1) is 0 Å². The number of rotatable bonds is 2. The summed E-state index contributed by atoms with van der Waals surface area (Å²) in [5, 5.41) is 11.5. The molecule has 0 saturated carbocycles. The monoisotopic (exact) mass is 527 g/mol. The molecule has 2 aromatic carbocycles. The van der Waals surface area contributed by atoms with Gasteiger partial charge in [0.15, 0.2) is 11.6 Å². The number of para-hydroxylation sites is 1. The molecule has 1 heterocycles. The number of Topliss-reactive ketones (excluding diaryl/α,β-unsaturated/α-hetero) is 1. The fourth-order valence-corrected chi connectivity index (χ4v) is 6.80. The molecular weight excluding hydrogens is 502 g/mol. The highest BCUT2D eigenvalue weighted by molar-refractivity contribution is 6.32. The van der Waals surface area contributed by atoms with Crippen molar-refractivity contribution in [3.8, 4) is 5.75 Å². The lowest BCUT2D eigenvalue weighted by Crippen LogP contribution is -2.39. The Balaban J connectivity index is 1.50. The lowest BCUT2D eigenvalue weighted by molar-refractivity contribution is -0.123. The molecule has 1 aliphatic heterocycles. The minimum absolute atomic E-state index is 0.0595. The number of aromatic hydroxyl groups is 1. The van der Waals surface area contributed by atoms with E-state index in [1.165, 1.54) is 11.0 Å². The van der Waals surface area contributed by atoms with Crippen molar-refractivity contribution < 1.29 is 24.3 Å². The number of hydrogen-bond donors (Lipinski definition) is 1. The number of carbonyl (C=O) groups excluding carboxylic acids is 4. The Morgan fingerprint density at radius 3 is 2.45 bits per heavy atom. The molecule has 6 rings (SSSR count). The normalized spacial score (nSPS) is 26.7. The molecule has 0 radical (unpaired) electrons. The summed E-state index contributed by atoms with van der Waals surface area (Å²) in [5.74, 6) is -3.41. The van der Waals surface area contributed by atoms with Crippen molar-refractivity contribution in [1.82, 2.24) is 0 Å². The Morgan fingerprint density at radius 2 is 1.71 bits per heavy atom. The third-order valence-corrected chi connectivity index (χ3v) is 8.96. The van der Waals surface area contributed by atoms with Crippen molar-refractivity contribution >= 4 is 40.7 Å². The van der Waals surface area contributed by atoms with E-state index in [2.05, 4.69) is 0 Å². The molecular formula is C31H26ClNO5. The minimum Gasteiger partial charge on any atom is -0.507 e. The Labute approximate surface area is 225 Å². The number of halogens is 1. The van der Waals surface area contributed by atoms with E-state index in [0.717, 1.165) is 11.1 Å². The molecule has 192 valence electrons. The summed E-state index contributed by atoms with van der Waals surface area (Å²) in [7, 11) is 0. The summed E-state index contributed by atoms with van der Waals surface area (Å²) in [6.07, 6.45) is 3.84. The first-order valence-corrected chi connectivity index (χ1v) is 13.1. The fraction of sp³-hybridized carbons (Fsp3) is 0.290. The van der Waals surface area contributed by atoms with E-state index in [1.54, 1.807) is 44.2 Å². The Morgan fingerprint density at radius 1 is 0.947 bits per heavy atom. The molecule has 38 heavy (non-hydrogen) atoms. The minimum atomic E-state index is -0.680. The van der Waals surface area contributed by atoms with E-state index in [4.69, 9.17) is 11.6 Å². The van der Waals surface area contributed by atoms with E-state index >= 15 is 0 Å². The van der Waals surface area contributed by atoms with Crippen LogP contribution in [0, 0.1) is 31.6 Å². The third kappa shape index (κ3) is 3.39. The van der Waals surface area contributed by atoms with Crippen molar-refractivity contribution in [2.45, 2.75) is 39.5 Å². The molecule has 7 heteroatoms. The van der Waals surface area contributed by atoms with Crippen LogP contribution in [0.4, 0.5) is 5.69 Å². The molecule has 4 aliphatic rings. The van der Waals surface area contributed by atoms with Crippen molar-refractivity contribution in [3.63, 3.8) is 0 Å². The number of fused-ring (bicyclic) bond motifs is 3.